The van der Waals surface area contributed by atoms with Crippen molar-refractivity contribution in [1.29, 1.82) is 0 Å². The smallest absolute Gasteiger partial charge is 0.160 e. The molecule has 0 heterocycles. The highest BCUT2D eigenvalue weighted by Gasteiger charge is 2.42. The largest absolute Gasteiger partial charge is 0.390 e. The number of hydrogen-bond acceptors (Lipinski definition) is 3. The molecule has 0 bridgehead atoms. The number of rotatable bonds is 6. The molecule has 12 heavy (non-hydrogen) atoms. The Kier molecular flexibility index (Phi) is 3.50. The van der Waals surface area contributed by atoms with E-state index in [9.17, 15) is 5.11 Å². The van der Waals surface area contributed by atoms with Crippen LogP contribution in [0.3, 0.4) is 0 Å². The highest BCUT2D eigenvalue weighted by Crippen LogP contribution is 2.39. The van der Waals surface area contributed by atoms with Crippen LogP contribution in [0.5, 0.6) is 0 Å². The second-order valence-corrected chi connectivity index (χ2v) is 3.27. The van der Waals surface area contributed by atoms with E-state index in [0.717, 1.165) is 12.8 Å². The molecule has 0 unspecified atom stereocenters. The lowest BCUT2D eigenvalue weighted by Crippen LogP contribution is -2.24. The summed E-state index contributed by atoms with van der Waals surface area (Å²) < 4.78 is 10.6. The molecular weight excluding hydrogens is 156 g/mol. The van der Waals surface area contributed by atoms with Gasteiger partial charge >= 0.3 is 0 Å². The van der Waals surface area contributed by atoms with Gasteiger partial charge in [0, 0.05) is 19.6 Å². The van der Waals surface area contributed by atoms with E-state index < -0.39 is 5.60 Å². The summed E-state index contributed by atoms with van der Waals surface area (Å²) in [7, 11) is 0. The Hall–Kier alpha value is -0.120. The third-order valence-electron chi connectivity index (χ3n) is 2.08. The number of hydrogen-bond donors (Lipinski definition) is 1. The molecule has 72 valence electrons. The minimum atomic E-state index is -0.477. The summed E-state index contributed by atoms with van der Waals surface area (Å²) in [6.07, 6.45) is 2.19. The van der Waals surface area contributed by atoms with Gasteiger partial charge in [0.25, 0.3) is 0 Å². The van der Waals surface area contributed by atoms with E-state index in [-0.39, 0.29) is 6.29 Å². The first-order valence-corrected chi connectivity index (χ1v) is 4.66. The van der Waals surface area contributed by atoms with Gasteiger partial charge in [-0.05, 0) is 26.7 Å². The van der Waals surface area contributed by atoms with E-state index in [0.29, 0.717) is 19.6 Å². The van der Waals surface area contributed by atoms with Crippen molar-refractivity contribution >= 4 is 0 Å². The van der Waals surface area contributed by atoms with Crippen LogP contribution in [-0.2, 0) is 9.47 Å². The van der Waals surface area contributed by atoms with Crippen molar-refractivity contribution in [2.45, 2.75) is 45.0 Å². The van der Waals surface area contributed by atoms with Gasteiger partial charge in [0.1, 0.15) is 0 Å². The van der Waals surface area contributed by atoms with E-state index in [1.54, 1.807) is 0 Å². The first-order chi connectivity index (χ1) is 5.70. The standard InChI is InChI=1S/C9H18O3/c1-3-11-8(12-4-2)7-9(10)5-6-9/h8,10H,3-7H2,1-2H3. The van der Waals surface area contributed by atoms with Crippen LogP contribution >= 0.6 is 0 Å². The lowest BCUT2D eigenvalue weighted by molar-refractivity contribution is -0.155. The molecule has 0 atom stereocenters. The van der Waals surface area contributed by atoms with E-state index in [1.165, 1.54) is 0 Å². The highest BCUT2D eigenvalue weighted by molar-refractivity contribution is 4.93. The molecule has 0 saturated heterocycles. The molecular formula is C9H18O3. The molecule has 0 aromatic rings. The molecule has 1 aliphatic rings. The Balaban J connectivity index is 2.22. The highest BCUT2D eigenvalue weighted by atomic mass is 16.7. The van der Waals surface area contributed by atoms with E-state index in [1.807, 2.05) is 13.8 Å². The zero-order chi connectivity index (χ0) is 9.03. The summed E-state index contributed by atoms with van der Waals surface area (Å²) in [5.41, 5.74) is -0.477. The SMILES string of the molecule is CCOC(CC1(O)CC1)OCC. The maximum Gasteiger partial charge on any atom is 0.160 e. The molecule has 1 saturated carbocycles. The Morgan fingerprint density at radius 1 is 1.25 bits per heavy atom. The fourth-order valence-corrected chi connectivity index (χ4v) is 1.20. The molecule has 1 N–H and O–H groups in total. The van der Waals surface area contributed by atoms with Crippen molar-refractivity contribution in [3.05, 3.63) is 0 Å². The third-order valence-corrected chi connectivity index (χ3v) is 2.08. The van der Waals surface area contributed by atoms with Gasteiger partial charge in [0.15, 0.2) is 6.29 Å². The molecule has 3 nitrogen and oxygen atoms in total. The Morgan fingerprint density at radius 2 is 1.75 bits per heavy atom. The zero-order valence-electron chi connectivity index (χ0n) is 7.88. The van der Waals surface area contributed by atoms with Crippen LogP contribution in [0.25, 0.3) is 0 Å². The van der Waals surface area contributed by atoms with Crippen LogP contribution in [0.4, 0.5) is 0 Å². The molecule has 0 amide bonds. The number of aliphatic hydroxyl groups is 1. The molecule has 0 spiro atoms. The van der Waals surface area contributed by atoms with Crippen LogP contribution in [0.1, 0.15) is 33.1 Å². The van der Waals surface area contributed by atoms with Gasteiger partial charge in [0.2, 0.25) is 0 Å². The Bertz CT molecular complexity index is 126. The lowest BCUT2D eigenvalue weighted by Gasteiger charge is -2.19. The molecule has 1 fully saturated rings. The van der Waals surface area contributed by atoms with Crippen LogP contribution in [0, 0.1) is 0 Å². The molecule has 3 heteroatoms. The third kappa shape index (κ3) is 3.09. The average Bonchev–Trinajstić information content (AvgIpc) is 2.69. The topological polar surface area (TPSA) is 38.7 Å². The fraction of sp³-hybridized carbons (Fsp3) is 1.00. The monoisotopic (exact) mass is 174 g/mol. The summed E-state index contributed by atoms with van der Waals surface area (Å²) in [6, 6.07) is 0. The normalized spacial score (nSPS) is 20.0. The van der Waals surface area contributed by atoms with Gasteiger partial charge in [0.05, 0.1) is 5.60 Å². The quantitative estimate of drug-likeness (QED) is 0.617. The van der Waals surface area contributed by atoms with Gasteiger partial charge in [-0.2, -0.15) is 0 Å². The summed E-state index contributed by atoms with van der Waals surface area (Å²) in [5, 5.41) is 9.59. The van der Waals surface area contributed by atoms with Crippen molar-refractivity contribution in [3.8, 4) is 0 Å². The van der Waals surface area contributed by atoms with Crippen molar-refractivity contribution < 1.29 is 14.6 Å². The van der Waals surface area contributed by atoms with Crippen molar-refractivity contribution in [2.75, 3.05) is 13.2 Å². The van der Waals surface area contributed by atoms with Crippen molar-refractivity contribution in [1.82, 2.24) is 0 Å². The lowest BCUT2D eigenvalue weighted by atomic mass is 10.2. The van der Waals surface area contributed by atoms with Crippen molar-refractivity contribution in [2.24, 2.45) is 0 Å². The van der Waals surface area contributed by atoms with Gasteiger partial charge in [-0.25, -0.2) is 0 Å². The van der Waals surface area contributed by atoms with E-state index >= 15 is 0 Å². The molecule has 0 aliphatic heterocycles. The summed E-state index contributed by atoms with van der Waals surface area (Å²) in [5.74, 6) is 0. The summed E-state index contributed by atoms with van der Waals surface area (Å²) in [4.78, 5) is 0. The molecule has 1 aliphatic carbocycles. The zero-order valence-corrected chi connectivity index (χ0v) is 7.88. The minimum Gasteiger partial charge on any atom is -0.390 e. The molecule has 1 rings (SSSR count). The van der Waals surface area contributed by atoms with Gasteiger partial charge in [-0.3, -0.25) is 0 Å². The second kappa shape index (κ2) is 4.21. The van der Waals surface area contributed by atoms with Crippen LogP contribution in [0.2, 0.25) is 0 Å². The molecule has 0 aromatic carbocycles. The van der Waals surface area contributed by atoms with Gasteiger partial charge in [-0.1, -0.05) is 0 Å². The predicted molar refractivity (Wildman–Crippen MR) is 45.8 cm³/mol. The first-order valence-electron chi connectivity index (χ1n) is 4.66. The second-order valence-electron chi connectivity index (χ2n) is 3.27. The summed E-state index contributed by atoms with van der Waals surface area (Å²) >= 11 is 0. The van der Waals surface area contributed by atoms with E-state index in [2.05, 4.69) is 0 Å². The maximum absolute atomic E-state index is 9.59. The molecule has 0 aromatic heterocycles. The minimum absolute atomic E-state index is 0.215. The fourth-order valence-electron chi connectivity index (χ4n) is 1.20. The molecule has 0 radical (unpaired) electrons. The van der Waals surface area contributed by atoms with Gasteiger partial charge < -0.3 is 14.6 Å². The van der Waals surface area contributed by atoms with Crippen LogP contribution < -0.4 is 0 Å². The average molecular weight is 174 g/mol. The van der Waals surface area contributed by atoms with Crippen LogP contribution in [0.15, 0.2) is 0 Å². The summed E-state index contributed by atoms with van der Waals surface area (Å²) in [6.45, 7) is 5.15. The van der Waals surface area contributed by atoms with Gasteiger partial charge in [-0.15, -0.1) is 0 Å². The maximum atomic E-state index is 9.59. The van der Waals surface area contributed by atoms with Crippen molar-refractivity contribution in [3.63, 3.8) is 0 Å². The predicted octanol–water partition coefficient (Wildman–Crippen LogP) is 1.30. The van der Waals surface area contributed by atoms with E-state index in [4.69, 9.17) is 9.47 Å². The Morgan fingerprint density at radius 3 is 2.08 bits per heavy atom. The van der Waals surface area contributed by atoms with Crippen LogP contribution in [-0.4, -0.2) is 30.2 Å². The first kappa shape index (κ1) is 9.96. The number of ether oxygens (including phenoxy) is 2. The Labute approximate surface area is 73.7 Å².